The van der Waals surface area contributed by atoms with Gasteiger partial charge in [0.15, 0.2) is 0 Å². The van der Waals surface area contributed by atoms with Crippen LogP contribution in [0.4, 0.5) is 0 Å². The molecule has 4 aromatic heterocycles. The second-order valence-electron chi connectivity index (χ2n) is 12.2. The minimum atomic E-state index is -0.675. The Kier molecular flexibility index (Phi) is 3.74. The van der Waals surface area contributed by atoms with Crippen molar-refractivity contribution in [1.82, 2.24) is 18.7 Å². The fourth-order valence-electron chi connectivity index (χ4n) is 7.30. The van der Waals surface area contributed by atoms with E-state index in [0.29, 0.717) is 5.69 Å². The Morgan fingerprint density at radius 2 is 0.980 bits per heavy atom. The molecule has 0 fully saturated rings. The molecule has 0 amide bonds. The van der Waals surface area contributed by atoms with Gasteiger partial charge >= 0.3 is 0 Å². The van der Waals surface area contributed by atoms with Gasteiger partial charge in [0, 0.05) is 43.7 Å². The maximum absolute atomic E-state index is 9.87. The predicted octanol–water partition coefficient (Wildman–Crippen LogP) is 12.0. The third-order valence-corrected chi connectivity index (χ3v) is 9.48. The van der Waals surface area contributed by atoms with E-state index in [1.54, 1.807) is 6.07 Å². The largest absolute Gasteiger partial charge is 0.309 e. The molecule has 0 N–H and O–H groups in total. The summed E-state index contributed by atoms with van der Waals surface area (Å²) in [6.45, 7) is 0. The first-order valence-corrected chi connectivity index (χ1v) is 16.3. The van der Waals surface area contributed by atoms with Gasteiger partial charge in [0.2, 0.25) is 0 Å². The Labute approximate surface area is 313 Å². The van der Waals surface area contributed by atoms with E-state index < -0.39 is 90.5 Å². The summed E-state index contributed by atoms with van der Waals surface area (Å²) in [6, 6.07) is 23.8. The first-order valence-electron chi connectivity index (χ1n) is 23.3. The average Bonchev–Trinajstić information content (AvgIpc) is 3.99. The zero-order chi connectivity index (χ0) is 45.7. The van der Waals surface area contributed by atoms with E-state index >= 15 is 0 Å². The summed E-state index contributed by atoms with van der Waals surface area (Å²) >= 11 is 0. The summed E-state index contributed by atoms with van der Waals surface area (Å²) in [5.41, 5.74) is 4.16. The summed E-state index contributed by atoms with van der Waals surface area (Å²) < 4.78 is 130. The Morgan fingerprint density at radius 1 is 0.392 bits per heavy atom. The molecule has 238 valence electrons. The van der Waals surface area contributed by atoms with Gasteiger partial charge in [-0.3, -0.25) is 4.57 Å². The molecule has 0 bridgehead atoms. The van der Waals surface area contributed by atoms with E-state index in [9.17, 15) is 5.48 Å². The van der Waals surface area contributed by atoms with E-state index in [-0.39, 0.29) is 43.6 Å². The number of hydrogen-bond donors (Lipinski definition) is 0. The lowest BCUT2D eigenvalue weighted by molar-refractivity contribution is 1.08. The smallest absolute Gasteiger partial charge is 0.138 e. The third-order valence-electron chi connectivity index (χ3n) is 9.48. The molecule has 7 aromatic carbocycles. The lowest BCUT2D eigenvalue weighted by atomic mass is 10.1. The van der Waals surface area contributed by atoms with Crippen molar-refractivity contribution in [3.8, 4) is 28.3 Å². The van der Waals surface area contributed by atoms with Gasteiger partial charge in [-0.15, -0.1) is 0 Å². The molecule has 0 aliphatic heterocycles. The summed E-state index contributed by atoms with van der Waals surface area (Å²) in [5, 5.41) is 1.10. The van der Waals surface area contributed by atoms with Crippen molar-refractivity contribution in [2.75, 3.05) is 0 Å². The van der Waals surface area contributed by atoms with Crippen LogP contribution in [0, 0.1) is 0 Å². The molecule has 0 aliphatic carbocycles. The van der Waals surface area contributed by atoms with Crippen molar-refractivity contribution in [2.24, 2.45) is 0 Å². The van der Waals surface area contributed by atoms with Crippen LogP contribution >= 0.6 is 0 Å². The molecule has 0 aliphatic rings. The van der Waals surface area contributed by atoms with Gasteiger partial charge in [-0.2, -0.15) is 0 Å². The molecule has 4 nitrogen and oxygen atoms in total. The summed E-state index contributed by atoms with van der Waals surface area (Å²) in [7, 11) is 0. The molecule has 11 rings (SSSR count). The first kappa shape index (κ1) is 17.7. The van der Waals surface area contributed by atoms with Crippen LogP contribution in [0.5, 0.6) is 0 Å². The molecule has 0 radical (unpaired) electrons. The zero-order valence-corrected chi connectivity index (χ0v) is 26.5. The van der Waals surface area contributed by atoms with Crippen LogP contribution < -0.4 is 0 Å². The number of para-hydroxylation sites is 4. The van der Waals surface area contributed by atoms with Gasteiger partial charge in [-0.25, -0.2) is 4.98 Å². The van der Waals surface area contributed by atoms with Crippen molar-refractivity contribution in [1.29, 1.82) is 0 Å². The van der Waals surface area contributed by atoms with E-state index in [0.717, 1.165) is 43.2 Å². The minimum Gasteiger partial charge on any atom is -0.309 e. The van der Waals surface area contributed by atoms with Crippen LogP contribution in [-0.2, 0) is 0 Å². The fourth-order valence-corrected chi connectivity index (χ4v) is 7.30. The van der Waals surface area contributed by atoms with Crippen LogP contribution in [0.25, 0.3) is 93.7 Å². The molecule has 0 saturated heterocycles. The number of nitrogens with zero attached hydrogens (tertiary/aromatic N) is 4. The van der Waals surface area contributed by atoms with Crippen molar-refractivity contribution in [3.05, 3.63) is 182 Å². The first-order chi connectivity index (χ1) is 31.1. The number of fused-ring (bicyclic) bond motifs is 9. The zero-order valence-electron chi connectivity index (χ0n) is 40.5. The number of rotatable bonds is 4. The van der Waals surface area contributed by atoms with Crippen LogP contribution in [0.1, 0.15) is 19.2 Å². The lowest BCUT2D eigenvalue weighted by Gasteiger charge is -2.12. The van der Waals surface area contributed by atoms with Crippen LogP contribution in [0.3, 0.4) is 0 Å². The molecule has 4 heteroatoms. The van der Waals surface area contributed by atoms with Crippen LogP contribution in [0.2, 0.25) is 0 Å². The molecule has 11 aromatic rings. The molecular formula is C47H30N4. The monoisotopic (exact) mass is 664 g/mol. The predicted molar refractivity (Wildman–Crippen MR) is 213 cm³/mol. The molecule has 0 atom stereocenters. The Hall–Kier alpha value is -6.91. The number of benzene rings is 7. The van der Waals surface area contributed by atoms with Gasteiger partial charge < -0.3 is 9.13 Å². The van der Waals surface area contributed by atoms with Gasteiger partial charge in [0.05, 0.1) is 58.5 Å². The van der Waals surface area contributed by atoms with Crippen LogP contribution in [0.15, 0.2) is 182 Å². The Morgan fingerprint density at radius 3 is 1.75 bits per heavy atom. The number of hydrogen-bond acceptors (Lipinski definition) is 1. The fraction of sp³-hybridized carbons (Fsp3) is 0. The third kappa shape index (κ3) is 4.11. The normalized spacial score (nSPS) is 15.8. The summed E-state index contributed by atoms with van der Waals surface area (Å²) in [4.78, 5) is 4.57. The average molecular weight is 665 g/mol. The van der Waals surface area contributed by atoms with E-state index in [4.69, 9.17) is 13.7 Å². The molecular weight excluding hydrogens is 621 g/mol. The summed E-state index contributed by atoms with van der Waals surface area (Å²) in [5.74, 6) is -0.446. The minimum absolute atomic E-state index is 0.0499. The standard InChI is InChI=1S/C47H30N4/c1-2-13-31(14-3-1)32-15-12-16-33(27-32)49-41-21-8-4-19-37(41)39-26-25-34(28-45(39)49)50-42-22-9-7-20-38(42)40-29-47(48-30-46(40)50)51-43-23-10-5-17-35(43)36-18-6-11-24-44(36)51/h1-30H/i5D,6D,7D,9D,10D,11D,17D,18D,20D,22D,23D,24D,29D,30D. The molecule has 51 heavy (non-hydrogen) atoms. The topological polar surface area (TPSA) is 27.7 Å². The number of aromatic nitrogens is 4. The number of pyridine rings is 1. The Bertz CT molecular complexity index is 3870. The van der Waals surface area contributed by atoms with Crippen molar-refractivity contribution >= 4 is 65.4 Å². The van der Waals surface area contributed by atoms with Crippen LogP contribution in [-0.4, -0.2) is 18.7 Å². The Balaban J connectivity index is 1.28. The quantitative estimate of drug-likeness (QED) is 0.184. The highest BCUT2D eigenvalue weighted by molar-refractivity contribution is 6.13. The van der Waals surface area contributed by atoms with Crippen molar-refractivity contribution < 1.29 is 19.2 Å². The highest BCUT2D eigenvalue weighted by Gasteiger charge is 2.19. The van der Waals surface area contributed by atoms with E-state index in [2.05, 4.69) is 15.6 Å². The summed E-state index contributed by atoms with van der Waals surface area (Å²) in [6.07, 6.45) is -0.521. The SMILES string of the molecule is [2H]c1c([2H])c([2H])c2c(c1[2H])c1c([2H])c(-n3c4c([2H])c([2H])c([2H])c([2H])c4c4c([2H])c([2H])c([2H])c([2H])c43)nc([2H])c1n2-c1ccc2c3ccccc3n(-c3cccc(-c4ccccc4)c3)c2c1. The maximum Gasteiger partial charge on any atom is 0.138 e. The second-order valence-corrected chi connectivity index (χ2v) is 12.2. The van der Waals surface area contributed by atoms with Crippen molar-refractivity contribution in [3.63, 3.8) is 0 Å². The molecule has 4 heterocycles. The van der Waals surface area contributed by atoms with E-state index in [1.165, 1.54) is 4.57 Å². The maximum atomic E-state index is 9.87. The lowest BCUT2D eigenvalue weighted by Crippen LogP contribution is -1.99. The molecule has 0 spiro atoms. The van der Waals surface area contributed by atoms with Gasteiger partial charge in [0.25, 0.3) is 0 Å². The second kappa shape index (κ2) is 10.8. The molecule has 0 saturated carbocycles. The van der Waals surface area contributed by atoms with Crippen molar-refractivity contribution in [2.45, 2.75) is 0 Å². The van der Waals surface area contributed by atoms with Gasteiger partial charge in [-0.1, -0.05) is 121 Å². The highest BCUT2D eigenvalue weighted by Crippen LogP contribution is 2.39. The van der Waals surface area contributed by atoms with Gasteiger partial charge in [0.1, 0.15) is 5.82 Å². The highest BCUT2D eigenvalue weighted by atomic mass is 15.1. The van der Waals surface area contributed by atoms with E-state index in [1.807, 2.05) is 84.9 Å². The van der Waals surface area contributed by atoms with Gasteiger partial charge in [-0.05, 0) is 65.6 Å². The molecule has 0 unspecified atom stereocenters.